The topological polar surface area (TPSA) is 20.2 Å². The molecule has 3 atom stereocenters. The van der Waals surface area contributed by atoms with Crippen molar-refractivity contribution in [3.8, 4) is 0 Å². The molecule has 14 heavy (non-hydrogen) atoms. The maximum Gasteiger partial charge on any atom is 0.0675 e. The largest absolute Gasteiger partial charge is 0.390 e. The average molecular weight is 198 g/mol. The smallest absolute Gasteiger partial charge is 0.0675 e. The summed E-state index contributed by atoms with van der Waals surface area (Å²) < 4.78 is 0. The minimum absolute atomic E-state index is 0.324. The predicted octanol–water partition coefficient (Wildman–Crippen LogP) is 3.75. The summed E-state index contributed by atoms with van der Waals surface area (Å²) in [6.07, 6.45) is 8.25. The lowest BCUT2D eigenvalue weighted by Gasteiger charge is -2.34. The molecular weight excluding hydrogens is 172 g/mol. The van der Waals surface area contributed by atoms with E-state index in [1.54, 1.807) is 0 Å². The molecule has 3 unspecified atom stereocenters. The second-order valence-corrected chi connectivity index (χ2v) is 4.91. The van der Waals surface area contributed by atoms with Crippen molar-refractivity contribution in [3.63, 3.8) is 0 Å². The van der Waals surface area contributed by atoms with E-state index in [0.717, 1.165) is 18.8 Å². The summed E-state index contributed by atoms with van der Waals surface area (Å²) >= 11 is 0. The van der Waals surface area contributed by atoms with E-state index in [1.807, 2.05) is 0 Å². The van der Waals surface area contributed by atoms with E-state index in [4.69, 9.17) is 0 Å². The summed E-state index contributed by atoms with van der Waals surface area (Å²) in [5.74, 6) is 1.34. The maximum atomic E-state index is 10.5. The first-order valence-corrected chi connectivity index (χ1v) is 6.40. The van der Waals surface area contributed by atoms with Crippen LogP contribution < -0.4 is 0 Å². The van der Waals surface area contributed by atoms with Gasteiger partial charge in [-0.25, -0.2) is 0 Å². The Morgan fingerprint density at radius 1 is 1.36 bits per heavy atom. The minimum Gasteiger partial charge on any atom is -0.390 e. The van der Waals surface area contributed by atoms with Crippen LogP contribution in [0.1, 0.15) is 65.7 Å². The van der Waals surface area contributed by atoms with Gasteiger partial charge in [0.15, 0.2) is 0 Å². The second kappa shape index (κ2) is 5.16. The van der Waals surface area contributed by atoms with Crippen molar-refractivity contribution in [1.29, 1.82) is 0 Å². The Labute approximate surface area is 88.9 Å². The Hall–Kier alpha value is -0.0400. The molecule has 1 nitrogen and oxygen atoms in total. The molecule has 1 aliphatic carbocycles. The van der Waals surface area contributed by atoms with Gasteiger partial charge in [0, 0.05) is 0 Å². The first-order chi connectivity index (χ1) is 6.68. The number of hydrogen-bond acceptors (Lipinski definition) is 1. The van der Waals surface area contributed by atoms with E-state index in [0.29, 0.717) is 5.92 Å². The van der Waals surface area contributed by atoms with Gasteiger partial charge in [0.2, 0.25) is 0 Å². The van der Waals surface area contributed by atoms with Crippen molar-refractivity contribution in [2.75, 3.05) is 0 Å². The van der Waals surface area contributed by atoms with Crippen molar-refractivity contribution in [3.05, 3.63) is 0 Å². The third-order valence-corrected chi connectivity index (χ3v) is 4.18. The van der Waals surface area contributed by atoms with Gasteiger partial charge in [-0.3, -0.25) is 0 Å². The van der Waals surface area contributed by atoms with Gasteiger partial charge in [-0.15, -0.1) is 0 Å². The maximum absolute atomic E-state index is 10.5. The molecule has 0 aromatic carbocycles. The monoisotopic (exact) mass is 198 g/mol. The van der Waals surface area contributed by atoms with E-state index in [9.17, 15) is 5.11 Å². The molecule has 1 heteroatoms. The molecule has 1 N–H and O–H groups in total. The lowest BCUT2D eigenvalue weighted by molar-refractivity contribution is -0.0265. The van der Waals surface area contributed by atoms with Crippen LogP contribution in [0.2, 0.25) is 0 Å². The van der Waals surface area contributed by atoms with Gasteiger partial charge >= 0.3 is 0 Å². The van der Waals surface area contributed by atoms with Crippen LogP contribution in [-0.4, -0.2) is 10.7 Å². The van der Waals surface area contributed by atoms with Crippen molar-refractivity contribution in [2.24, 2.45) is 11.8 Å². The van der Waals surface area contributed by atoms with Gasteiger partial charge in [0.05, 0.1) is 5.60 Å². The molecule has 0 saturated heterocycles. The SMILES string of the molecule is CCCC(CC)C1CCCC1(O)CC. The van der Waals surface area contributed by atoms with Gasteiger partial charge in [-0.05, 0) is 31.1 Å². The molecule has 0 heterocycles. The fourth-order valence-corrected chi connectivity index (χ4v) is 3.26. The molecule has 0 aromatic heterocycles. The predicted molar refractivity (Wildman–Crippen MR) is 61.3 cm³/mol. The van der Waals surface area contributed by atoms with E-state index >= 15 is 0 Å². The van der Waals surface area contributed by atoms with Crippen LogP contribution in [0, 0.1) is 11.8 Å². The van der Waals surface area contributed by atoms with Crippen LogP contribution in [0.25, 0.3) is 0 Å². The quantitative estimate of drug-likeness (QED) is 0.713. The zero-order valence-electron chi connectivity index (χ0n) is 10.1. The molecule has 1 saturated carbocycles. The molecule has 1 fully saturated rings. The van der Waals surface area contributed by atoms with Crippen LogP contribution in [0.5, 0.6) is 0 Å². The molecule has 0 aromatic rings. The van der Waals surface area contributed by atoms with E-state index in [1.165, 1.54) is 32.1 Å². The highest BCUT2D eigenvalue weighted by Gasteiger charge is 2.42. The van der Waals surface area contributed by atoms with Crippen LogP contribution in [0.4, 0.5) is 0 Å². The zero-order chi connectivity index (χ0) is 10.6. The van der Waals surface area contributed by atoms with E-state index < -0.39 is 0 Å². The molecule has 0 radical (unpaired) electrons. The van der Waals surface area contributed by atoms with Crippen LogP contribution in [0.15, 0.2) is 0 Å². The first-order valence-electron chi connectivity index (χ1n) is 6.40. The normalized spacial score (nSPS) is 34.7. The highest BCUT2D eigenvalue weighted by Crippen LogP contribution is 2.44. The Balaban J connectivity index is 2.64. The summed E-state index contributed by atoms with van der Waals surface area (Å²) in [6.45, 7) is 6.66. The molecule has 1 aliphatic rings. The summed E-state index contributed by atoms with van der Waals surface area (Å²) in [5, 5.41) is 10.5. The summed E-state index contributed by atoms with van der Waals surface area (Å²) in [6, 6.07) is 0. The van der Waals surface area contributed by atoms with Gasteiger partial charge in [0.25, 0.3) is 0 Å². The van der Waals surface area contributed by atoms with Crippen LogP contribution in [-0.2, 0) is 0 Å². The highest BCUT2D eigenvalue weighted by atomic mass is 16.3. The van der Waals surface area contributed by atoms with Crippen molar-refractivity contribution < 1.29 is 5.11 Å². The summed E-state index contributed by atoms with van der Waals surface area (Å²) in [4.78, 5) is 0. The average Bonchev–Trinajstić information content (AvgIpc) is 2.58. The van der Waals surface area contributed by atoms with Gasteiger partial charge in [-0.1, -0.05) is 46.5 Å². The van der Waals surface area contributed by atoms with Crippen molar-refractivity contribution in [1.82, 2.24) is 0 Å². The molecule has 0 bridgehead atoms. The Morgan fingerprint density at radius 3 is 2.57 bits per heavy atom. The van der Waals surface area contributed by atoms with Crippen molar-refractivity contribution in [2.45, 2.75) is 71.3 Å². The fraction of sp³-hybridized carbons (Fsp3) is 1.00. The fourth-order valence-electron chi connectivity index (χ4n) is 3.26. The lowest BCUT2D eigenvalue weighted by atomic mass is 9.76. The minimum atomic E-state index is -0.324. The summed E-state index contributed by atoms with van der Waals surface area (Å²) in [5.41, 5.74) is -0.324. The Kier molecular flexibility index (Phi) is 4.43. The zero-order valence-corrected chi connectivity index (χ0v) is 10.1. The standard InChI is InChI=1S/C13H26O/c1-4-8-11(5-2)12-9-7-10-13(12,14)6-3/h11-12,14H,4-10H2,1-3H3. The highest BCUT2D eigenvalue weighted by molar-refractivity contribution is 4.94. The Morgan fingerprint density at radius 2 is 2.07 bits per heavy atom. The van der Waals surface area contributed by atoms with E-state index in [2.05, 4.69) is 20.8 Å². The second-order valence-electron chi connectivity index (χ2n) is 4.91. The van der Waals surface area contributed by atoms with Gasteiger partial charge in [0.1, 0.15) is 0 Å². The Bertz CT molecular complexity index is 167. The molecule has 0 amide bonds. The third kappa shape index (κ3) is 2.31. The van der Waals surface area contributed by atoms with Gasteiger partial charge in [-0.2, -0.15) is 0 Å². The molecule has 84 valence electrons. The molecular formula is C13H26O. The lowest BCUT2D eigenvalue weighted by Crippen LogP contribution is -2.36. The molecule has 0 spiro atoms. The number of aliphatic hydroxyl groups is 1. The number of rotatable bonds is 5. The van der Waals surface area contributed by atoms with Crippen molar-refractivity contribution >= 4 is 0 Å². The summed E-state index contributed by atoms with van der Waals surface area (Å²) in [7, 11) is 0. The van der Waals surface area contributed by atoms with Crippen LogP contribution in [0.3, 0.4) is 0 Å². The number of hydrogen-bond donors (Lipinski definition) is 1. The first kappa shape index (κ1) is 12.0. The molecule has 1 rings (SSSR count). The van der Waals surface area contributed by atoms with Gasteiger partial charge < -0.3 is 5.11 Å². The van der Waals surface area contributed by atoms with Crippen LogP contribution >= 0.6 is 0 Å². The van der Waals surface area contributed by atoms with E-state index in [-0.39, 0.29) is 5.60 Å². The third-order valence-electron chi connectivity index (χ3n) is 4.18. The molecule has 0 aliphatic heterocycles.